The first-order valence-corrected chi connectivity index (χ1v) is 8.64. The molecule has 1 amide bonds. The summed E-state index contributed by atoms with van der Waals surface area (Å²) in [5, 5.41) is 5.00. The number of carbonyl (C=O) groups excluding carboxylic acids is 1. The van der Waals surface area contributed by atoms with Crippen LogP contribution in [0.25, 0.3) is 4.96 Å². The maximum atomic E-state index is 11.5. The molecular weight excluding hydrogens is 308 g/mol. The van der Waals surface area contributed by atoms with Gasteiger partial charge in [0.25, 0.3) is 0 Å². The van der Waals surface area contributed by atoms with E-state index in [1.54, 1.807) is 18.3 Å². The fourth-order valence-electron chi connectivity index (χ4n) is 3.24. The van der Waals surface area contributed by atoms with Crippen molar-refractivity contribution in [3.8, 4) is 0 Å². The number of nitrogens with one attached hydrogen (secondary N) is 1. The summed E-state index contributed by atoms with van der Waals surface area (Å²) in [5.41, 5.74) is 4.40. The summed E-state index contributed by atoms with van der Waals surface area (Å²) in [7, 11) is 0. The highest BCUT2D eigenvalue weighted by molar-refractivity contribution is 7.15. The highest BCUT2D eigenvalue weighted by Gasteiger charge is 2.21. The summed E-state index contributed by atoms with van der Waals surface area (Å²) in [6.07, 6.45) is 6.29. The molecule has 1 aliphatic rings. The Morgan fingerprint density at radius 1 is 1.43 bits per heavy atom. The fourth-order valence-corrected chi connectivity index (χ4v) is 3.95. The van der Waals surface area contributed by atoms with Gasteiger partial charge in [-0.25, -0.2) is 4.98 Å². The molecule has 0 radical (unpaired) electrons. The number of thiazole rings is 1. The van der Waals surface area contributed by atoms with Crippen LogP contribution in [0.1, 0.15) is 24.6 Å². The molecule has 0 fully saturated rings. The largest absolute Gasteiger partial charge is 0.364 e. The van der Waals surface area contributed by atoms with Crippen LogP contribution in [0.3, 0.4) is 0 Å². The van der Waals surface area contributed by atoms with Gasteiger partial charge in [0.15, 0.2) is 4.96 Å². The summed E-state index contributed by atoms with van der Waals surface area (Å²) < 4.78 is 2.06. The van der Waals surface area contributed by atoms with Gasteiger partial charge in [-0.3, -0.25) is 9.20 Å². The molecule has 6 heteroatoms. The van der Waals surface area contributed by atoms with Crippen molar-refractivity contribution >= 4 is 33.6 Å². The van der Waals surface area contributed by atoms with E-state index in [9.17, 15) is 4.79 Å². The molecule has 0 bridgehead atoms. The average Bonchev–Trinajstić information content (AvgIpc) is 3.08. The second kappa shape index (κ2) is 5.70. The molecule has 5 nitrogen and oxygen atoms in total. The van der Waals surface area contributed by atoms with Gasteiger partial charge in [-0.2, -0.15) is 0 Å². The van der Waals surface area contributed by atoms with Crippen molar-refractivity contribution in [2.45, 2.75) is 26.3 Å². The van der Waals surface area contributed by atoms with E-state index < -0.39 is 0 Å². The highest BCUT2D eigenvalue weighted by Crippen LogP contribution is 2.35. The van der Waals surface area contributed by atoms with Crippen molar-refractivity contribution in [1.29, 1.82) is 0 Å². The molecule has 0 aliphatic carbocycles. The van der Waals surface area contributed by atoms with Gasteiger partial charge in [0, 0.05) is 31.2 Å². The van der Waals surface area contributed by atoms with Crippen LogP contribution in [0, 0.1) is 0 Å². The first kappa shape index (κ1) is 14.3. The number of anilines is 2. The van der Waals surface area contributed by atoms with Gasteiger partial charge in [0.1, 0.15) is 0 Å². The first-order chi connectivity index (χ1) is 11.2. The number of fused-ring (bicyclic) bond motifs is 2. The Kier molecular flexibility index (Phi) is 3.53. The molecule has 2 aromatic heterocycles. The number of para-hydroxylation sites is 1. The summed E-state index contributed by atoms with van der Waals surface area (Å²) in [6.45, 7) is 3.29. The predicted octanol–water partition coefficient (Wildman–Crippen LogP) is 3.31. The Bertz CT molecular complexity index is 838. The number of hydrogen-bond donors (Lipinski definition) is 1. The number of rotatable bonds is 3. The predicted molar refractivity (Wildman–Crippen MR) is 93.2 cm³/mol. The molecule has 0 saturated carbocycles. The van der Waals surface area contributed by atoms with Crippen LogP contribution in [-0.4, -0.2) is 21.8 Å². The van der Waals surface area contributed by atoms with E-state index in [-0.39, 0.29) is 5.91 Å². The molecule has 3 heterocycles. The van der Waals surface area contributed by atoms with E-state index in [0.717, 1.165) is 48.0 Å². The van der Waals surface area contributed by atoms with Crippen molar-refractivity contribution in [2.24, 2.45) is 0 Å². The zero-order valence-corrected chi connectivity index (χ0v) is 13.8. The van der Waals surface area contributed by atoms with Crippen molar-refractivity contribution in [2.75, 3.05) is 16.8 Å². The van der Waals surface area contributed by atoms with Crippen molar-refractivity contribution < 1.29 is 4.79 Å². The molecule has 0 saturated heterocycles. The van der Waals surface area contributed by atoms with Gasteiger partial charge in [0.2, 0.25) is 5.91 Å². The lowest BCUT2D eigenvalue weighted by Crippen LogP contribution is -2.30. The number of nitrogens with zero attached hydrogens (tertiary/aromatic N) is 3. The summed E-state index contributed by atoms with van der Waals surface area (Å²) in [4.78, 5) is 19.5. The third-order valence-corrected chi connectivity index (χ3v) is 4.89. The van der Waals surface area contributed by atoms with Crippen molar-refractivity contribution in [3.05, 3.63) is 47.2 Å². The number of aryl methyl sites for hydroxylation is 1. The number of amides is 1. The Morgan fingerprint density at radius 3 is 3.17 bits per heavy atom. The second-order valence-electron chi connectivity index (χ2n) is 5.84. The number of hydrogen-bond acceptors (Lipinski definition) is 4. The first-order valence-electron chi connectivity index (χ1n) is 7.76. The zero-order valence-electron chi connectivity index (χ0n) is 13.0. The minimum Gasteiger partial charge on any atom is -0.364 e. The molecule has 0 unspecified atom stereocenters. The van der Waals surface area contributed by atoms with E-state index in [4.69, 9.17) is 0 Å². The van der Waals surface area contributed by atoms with Crippen LogP contribution in [0.4, 0.5) is 11.4 Å². The Labute approximate surface area is 138 Å². The Balaban J connectivity index is 1.68. The van der Waals surface area contributed by atoms with Gasteiger partial charge in [0.05, 0.1) is 23.6 Å². The molecule has 23 heavy (non-hydrogen) atoms. The maximum absolute atomic E-state index is 11.5. The lowest BCUT2D eigenvalue weighted by Gasteiger charge is -2.32. The second-order valence-corrected chi connectivity index (χ2v) is 6.72. The van der Waals surface area contributed by atoms with E-state index in [1.807, 2.05) is 23.7 Å². The van der Waals surface area contributed by atoms with Crippen LogP contribution in [0.5, 0.6) is 0 Å². The lowest BCUT2D eigenvalue weighted by atomic mass is 10.00. The quantitative estimate of drug-likeness (QED) is 0.803. The Hall–Kier alpha value is -2.34. The third kappa shape index (κ3) is 2.70. The minimum absolute atomic E-state index is 0.0357. The van der Waals surface area contributed by atoms with E-state index >= 15 is 0 Å². The third-order valence-electron chi connectivity index (χ3n) is 4.12. The van der Waals surface area contributed by atoms with Crippen LogP contribution in [-0.2, 0) is 17.8 Å². The molecule has 1 N–H and O–H groups in total. The fraction of sp³-hybridized carbons (Fsp3) is 0.294. The van der Waals surface area contributed by atoms with Gasteiger partial charge in [-0.1, -0.05) is 12.1 Å². The van der Waals surface area contributed by atoms with Gasteiger partial charge >= 0.3 is 0 Å². The minimum atomic E-state index is -0.0357. The molecule has 0 atom stereocenters. The van der Waals surface area contributed by atoms with Crippen LogP contribution < -0.4 is 10.2 Å². The summed E-state index contributed by atoms with van der Waals surface area (Å²) >= 11 is 1.64. The Morgan fingerprint density at radius 2 is 2.35 bits per heavy atom. The van der Waals surface area contributed by atoms with Crippen LogP contribution in [0.2, 0.25) is 0 Å². The molecule has 1 aromatic carbocycles. The maximum Gasteiger partial charge on any atom is 0.221 e. The topological polar surface area (TPSA) is 49.6 Å². The lowest BCUT2D eigenvalue weighted by molar-refractivity contribution is -0.114. The summed E-state index contributed by atoms with van der Waals surface area (Å²) in [5.74, 6) is -0.0357. The molecule has 118 valence electrons. The van der Waals surface area contributed by atoms with Gasteiger partial charge in [-0.15, -0.1) is 11.3 Å². The number of imidazole rings is 1. The number of benzene rings is 1. The van der Waals surface area contributed by atoms with Gasteiger partial charge in [-0.05, 0) is 24.5 Å². The average molecular weight is 326 g/mol. The number of carbonyl (C=O) groups is 1. The molecule has 0 spiro atoms. The van der Waals surface area contributed by atoms with E-state index in [0.29, 0.717) is 0 Å². The van der Waals surface area contributed by atoms with Crippen LogP contribution >= 0.6 is 11.3 Å². The van der Waals surface area contributed by atoms with E-state index in [1.165, 1.54) is 5.56 Å². The smallest absolute Gasteiger partial charge is 0.221 e. The number of aromatic nitrogens is 2. The summed E-state index contributed by atoms with van der Waals surface area (Å²) in [6, 6.07) is 6.14. The SMILES string of the molecule is CC(=O)Nc1cccc2c1N(Cc1cn3ccsc3n1)CCC2. The monoisotopic (exact) mass is 326 g/mol. The normalized spacial score (nSPS) is 14.0. The molecule has 1 aliphatic heterocycles. The zero-order chi connectivity index (χ0) is 15.8. The molecular formula is C17H18N4OS. The van der Waals surface area contributed by atoms with E-state index in [2.05, 4.69) is 31.9 Å². The standard InChI is InChI=1S/C17H18N4OS/c1-12(22)18-15-6-2-4-13-5-3-7-20(16(13)15)10-14-11-21-8-9-23-17(21)19-14/h2,4,6,8-9,11H,3,5,7,10H2,1H3,(H,18,22). The van der Waals surface area contributed by atoms with Gasteiger partial charge < -0.3 is 10.2 Å². The van der Waals surface area contributed by atoms with Crippen LogP contribution in [0.15, 0.2) is 36.0 Å². The van der Waals surface area contributed by atoms with Crippen molar-refractivity contribution in [3.63, 3.8) is 0 Å². The molecule has 4 rings (SSSR count). The molecule has 3 aromatic rings. The van der Waals surface area contributed by atoms with Crippen molar-refractivity contribution in [1.82, 2.24) is 9.38 Å². The highest BCUT2D eigenvalue weighted by atomic mass is 32.1.